The quantitative estimate of drug-likeness (QED) is 0.912. The third-order valence-corrected chi connectivity index (χ3v) is 4.52. The summed E-state index contributed by atoms with van der Waals surface area (Å²) >= 11 is 8.03. The Morgan fingerprint density at radius 3 is 2.68 bits per heavy atom. The van der Waals surface area contributed by atoms with Gasteiger partial charge < -0.3 is 14.8 Å². The van der Waals surface area contributed by atoms with E-state index < -0.39 is 0 Å². The molecule has 1 aromatic heterocycles. The van der Waals surface area contributed by atoms with E-state index in [1.54, 1.807) is 6.07 Å². The molecule has 100 valence electrons. The first-order valence-corrected chi connectivity index (χ1v) is 7.36. The highest BCUT2D eigenvalue weighted by molar-refractivity contribution is 7.12. The molecule has 5 heteroatoms. The van der Waals surface area contributed by atoms with Crippen molar-refractivity contribution in [1.29, 1.82) is 0 Å². The minimum atomic E-state index is 0.264. The third-order valence-electron chi connectivity index (χ3n) is 2.98. The molecule has 0 saturated heterocycles. The number of aryl methyl sites for hydroxylation is 1. The number of hydrogen-bond acceptors (Lipinski definition) is 4. The molecule has 1 aliphatic rings. The highest BCUT2D eigenvalue weighted by Gasteiger charge is 2.16. The molecule has 1 N–H and O–H groups in total. The zero-order chi connectivity index (χ0) is 13.2. The molecule has 0 spiro atoms. The summed E-state index contributed by atoms with van der Waals surface area (Å²) in [6, 6.07) is 8.00. The fourth-order valence-electron chi connectivity index (χ4n) is 1.94. The Balaban J connectivity index is 1.73. The maximum atomic E-state index is 6.21. The van der Waals surface area contributed by atoms with Crippen LogP contribution in [0.4, 0.5) is 5.69 Å². The average molecular weight is 296 g/mol. The number of thiophene rings is 1. The monoisotopic (exact) mass is 295 g/mol. The lowest BCUT2D eigenvalue weighted by Gasteiger charge is -2.08. The Bertz CT molecular complexity index is 597. The largest absolute Gasteiger partial charge is 0.454 e. The minimum Gasteiger partial charge on any atom is -0.454 e. The molecule has 0 unspecified atom stereocenters. The van der Waals surface area contributed by atoms with Crippen LogP contribution in [0.25, 0.3) is 0 Å². The van der Waals surface area contributed by atoms with Crippen LogP contribution in [0.5, 0.6) is 11.5 Å². The molecule has 2 aromatic rings. The van der Waals surface area contributed by atoms with Crippen molar-refractivity contribution in [3.05, 3.63) is 39.0 Å². The molecule has 0 amide bonds. The Kier molecular flexibility index (Phi) is 3.53. The Morgan fingerprint density at radius 1 is 1.21 bits per heavy atom. The standard InChI is InChI=1S/C14H14ClNO2S/c1-2-9-3-4-10(19-9)7-16-12-6-14-13(5-11(12)15)17-8-18-14/h3-6,16H,2,7-8H2,1H3. The molecule has 0 saturated carbocycles. The summed E-state index contributed by atoms with van der Waals surface area (Å²) in [6.45, 7) is 3.20. The number of ether oxygens (including phenoxy) is 2. The van der Waals surface area contributed by atoms with Gasteiger partial charge in [-0.25, -0.2) is 0 Å². The van der Waals surface area contributed by atoms with Gasteiger partial charge in [0, 0.05) is 28.4 Å². The van der Waals surface area contributed by atoms with Crippen molar-refractivity contribution in [1.82, 2.24) is 0 Å². The van der Waals surface area contributed by atoms with Crippen molar-refractivity contribution < 1.29 is 9.47 Å². The first kappa shape index (κ1) is 12.6. The number of hydrogen-bond donors (Lipinski definition) is 1. The van der Waals surface area contributed by atoms with Crippen LogP contribution in [0.2, 0.25) is 5.02 Å². The van der Waals surface area contributed by atoms with Crippen LogP contribution < -0.4 is 14.8 Å². The first-order chi connectivity index (χ1) is 9.26. The summed E-state index contributed by atoms with van der Waals surface area (Å²) in [6.07, 6.45) is 1.08. The molecule has 0 fully saturated rings. The van der Waals surface area contributed by atoms with E-state index in [0.29, 0.717) is 10.8 Å². The number of fused-ring (bicyclic) bond motifs is 1. The van der Waals surface area contributed by atoms with Gasteiger partial charge >= 0.3 is 0 Å². The summed E-state index contributed by atoms with van der Waals surface area (Å²) in [4.78, 5) is 2.69. The van der Waals surface area contributed by atoms with Gasteiger partial charge in [0.05, 0.1) is 10.7 Å². The van der Waals surface area contributed by atoms with Gasteiger partial charge in [-0.3, -0.25) is 0 Å². The normalized spacial score (nSPS) is 12.7. The van der Waals surface area contributed by atoms with Crippen molar-refractivity contribution in [3.8, 4) is 11.5 Å². The molecule has 1 aliphatic heterocycles. The van der Waals surface area contributed by atoms with E-state index in [4.69, 9.17) is 21.1 Å². The maximum absolute atomic E-state index is 6.21. The zero-order valence-corrected chi connectivity index (χ0v) is 12.1. The number of rotatable bonds is 4. The van der Waals surface area contributed by atoms with Crippen LogP contribution in [-0.2, 0) is 13.0 Å². The summed E-state index contributed by atoms with van der Waals surface area (Å²) in [5, 5.41) is 3.99. The van der Waals surface area contributed by atoms with E-state index in [-0.39, 0.29) is 6.79 Å². The molecule has 0 atom stereocenters. The maximum Gasteiger partial charge on any atom is 0.231 e. The van der Waals surface area contributed by atoms with Crippen LogP contribution >= 0.6 is 22.9 Å². The van der Waals surface area contributed by atoms with Crippen LogP contribution in [0.1, 0.15) is 16.7 Å². The van der Waals surface area contributed by atoms with Gasteiger partial charge in [0.25, 0.3) is 0 Å². The summed E-state index contributed by atoms with van der Waals surface area (Å²) in [7, 11) is 0. The van der Waals surface area contributed by atoms with Gasteiger partial charge in [-0.2, -0.15) is 0 Å². The summed E-state index contributed by atoms with van der Waals surface area (Å²) in [5.41, 5.74) is 0.873. The lowest BCUT2D eigenvalue weighted by Crippen LogP contribution is -1.98. The molecular formula is C14H14ClNO2S. The third kappa shape index (κ3) is 2.65. The van der Waals surface area contributed by atoms with Crippen molar-refractivity contribution in [2.75, 3.05) is 12.1 Å². The predicted octanol–water partition coefficient (Wildman–Crippen LogP) is 4.30. The van der Waals surface area contributed by atoms with Gasteiger partial charge in [0.2, 0.25) is 6.79 Å². The smallest absolute Gasteiger partial charge is 0.231 e. The zero-order valence-electron chi connectivity index (χ0n) is 10.5. The van der Waals surface area contributed by atoms with E-state index in [0.717, 1.165) is 24.4 Å². The Morgan fingerprint density at radius 2 is 1.95 bits per heavy atom. The van der Waals surface area contributed by atoms with Crippen molar-refractivity contribution in [3.63, 3.8) is 0 Å². The second-order valence-corrected chi connectivity index (χ2v) is 5.92. The van der Waals surface area contributed by atoms with E-state index in [1.807, 2.05) is 17.4 Å². The lowest BCUT2D eigenvalue weighted by molar-refractivity contribution is 0.174. The van der Waals surface area contributed by atoms with Crippen LogP contribution in [0.15, 0.2) is 24.3 Å². The number of anilines is 1. The molecule has 2 heterocycles. The van der Waals surface area contributed by atoms with E-state index in [2.05, 4.69) is 24.4 Å². The van der Waals surface area contributed by atoms with Crippen molar-refractivity contribution in [2.45, 2.75) is 19.9 Å². The van der Waals surface area contributed by atoms with Gasteiger partial charge in [-0.1, -0.05) is 18.5 Å². The van der Waals surface area contributed by atoms with Crippen molar-refractivity contribution in [2.24, 2.45) is 0 Å². The predicted molar refractivity (Wildman–Crippen MR) is 78.6 cm³/mol. The van der Waals surface area contributed by atoms with Crippen molar-refractivity contribution >= 4 is 28.6 Å². The van der Waals surface area contributed by atoms with Gasteiger partial charge in [0.1, 0.15) is 0 Å². The topological polar surface area (TPSA) is 30.5 Å². The second kappa shape index (κ2) is 5.31. The van der Waals surface area contributed by atoms with E-state index >= 15 is 0 Å². The molecule has 0 aliphatic carbocycles. The molecule has 0 radical (unpaired) electrons. The average Bonchev–Trinajstić information content (AvgIpc) is 3.03. The van der Waals surface area contributed by atoms with E-state index in [9.17, 15) is 0 Å². The van der Waals surface area contributed by atoms with Gasteiger partial charge in [-0.15, -0.1) is 11.3 Å². The Labute approximate surface area is 121 Å². The van der Waals surface area contributed by atoms with Crippen LogP contribution in [0, 0.1) is 0 Å². The first-order valence-electron chi connectivity index (χ1n) is 6.17. The summed E-state index contributed by atoms with van der Waals surface area (Å²) < 4.78 is 10.6. The summed E-state index contributed by atoms with van der Waals surface area (Å²) in [5.74, 6) is 1.45. The molecule has 0 bridgehead atoms. The molecule has 19 heavy (non-hydrogen) atoms. The molecule has 1 aromatic carbocycles. The fraction of sp³-hybridized carbons (Fsp3) is 0.286. The number of benzene rings is 1. The van der Waals surface area contributed by atoms with E-state index in [1.165, 1.54) is 9.75 Å². The minimum absolute atomic E-state index is 0.264. The van der Waals surface area contributed by atoms with Gasteiger partial charge in [0.15, 0.2) is 11.5 Å². The number of nitrogens with one attached hydrogen (secondary N) is 1. The van der Waals surface area contributed by atoms with Gasteiger partial charge in [-0.05, 0) is 18.6 Å². The highest BCUT2D eigenvalue weighted by Crippen LogP contribution is 2.39. The molecular weight excluding hydrogens is 282 g/mol. The SMILES string of the molecule is CCc1ccc(CNc2cc3c(cc2Cl)OCO3)s1. The highest BCUT2D eigenvalue weighted by atomic mass is 35.5. The molecule has 3 rings (SSSR count). The lowest BCUT2D eigenvalue weighted by atomic mass is 10.2. The second-order valence-electron chi connectivity index (χ2n) is 4.26. The fourth-order valence-corrected chi connectivity index (χ4v) is 3.06. The number of halogens is 1. The Hall–Kier alpha value is -1.39. The van der Waals surface area contributed by atoms with Crippen LogP contribution in [-0.4, -0.2) is 6.79 Å². The van der Waals surface area contributed by atoms with Crippen LogP contribution in [0.3, 0.4) is 0 Å². The molecule has 3 nitrogen and oxygen atoms in total.